The molecule has 0 saturated heterocycles. The number of H-pyrrole nitrogens is 1. The standard InChI is InChI=1S/C16H13ClN2O3/c17-12-4-1-10(2-5-12)7-8-18-15(20)11-3-6-13-14(9-11)22-16(21)19-13/h1-6,9H,7-8H2,(H,18,20)(H,19,21). The fraction of sp³-hybridized carbons (Fsp3) is 0.125. The van der Waals surface area contributed by atoms with Crippen molar-refractivity contribution in [2.45, 2.75) is 6.42 Å². The smallest absolute Gasteiger partial charge is 0.408 e. The summed E-state index contributed by atoms with van der Waals surface area (Å²) in [6.45, 7) is 0.510. The number of halogens is 1. The van der Waals surface area contributed by atoms with Gasteiger partial charge in [0.15, 0.2) is 5.58 Å². The highest BCUT2D eigenvalue weighted by Crippen LogP contribution is 2.12. The van der Waals surface area contributed by atoms with Gasteiger partial charge in [-0.1, -0.05) is 23.7 Å². The van der Waals surface area contributed by atoms with Gasteiger partial charge in [0, 0.05) is 17.1 Å². The summed E-state index contributed by atoms with van der Waals surface area (Å²) in [4.78, 5) is 25.7. The third-order valence-electron chi connectivity index (χ3n) is 3.30. The number of rotatable bonds is 4. The predicted molar refractivity (Wildman–Crippen MR) is 84.3 cm³/mol. The second-order valence-electron chi connectivity index (χ2n) is 4.86. The highest BCUT2D eigenvalue weighted by Gasteiger charge is 2.08. The summed E-state index contributed by atoms with van der Waals surface area (Å²) >= 11 is 5.82. The summed E-state index contributed by atoms with van der Waals surface area (Å²) in [5.41, 5.74) is 2.49. The van der Waals surface area contributed by atoms with E-state index in [0.29, 0.717) is 34.7 Å². The number of carbonyl (C=O) groups excluding carboxylic acids is 1. The van der Waals surface area contributed by atoms with Gasteiger partial charge in [-0.25, -0.2) is 4.79 Å². The molecular weight excluding hydrogens is 304 g/mol. The molecule has 0 bridgehead atoms. The van der Waals surface area contributed by atoms with Gasteiger partial charge in [-0.2, -0.15) is 0 Å². The molecule has 3 aromatic rings. The Labute approximate surface area is 130 Å². The molecule has 5 nitrogen and oxygen atoms in total. The monoisotopic (exact) mass is 316 g/mol. The molecule has 2 N–H and O–H groups in total. The number of amides is 1. The van der Waals surface area contributed by atoms with Crippen molar-refractivity contribution in [3.8, 4) is 0 Å². The molecule has 1 heterocycles. The van der Waals surface area contributed by atoms with Crippen molar-refractivity contribution < 1.29 is 9.21 Å². The molecule has 22 heavy (non-hydrogen) atoms. The molecule has 1 amide bonds. The quantitative estimate of drug-likeness (QED) is 0.777. The molecule has 0 spiro atoms. The number of fused-ring (bicyclic) bond motifs is 1. The largest absolute Gasteiger partial charge is 0.417 e. The maximum absolute atomic E-state index is 12.1. The molecule has 6 heteroatoms. The van der Waals surface area contributed by atoms with E-state index < -0.39 is 5.76 Å². The number of aromatic amines is 1. The number of carbonyl (C=O) groups is 1. The number of nitrogens with one attached hydrogen (secondary N) is 2. The van der Waals surface area contributed by atoms with Gasteiger partial charge in [-0.05, 0) is 42.3 Å². The average Bonchev–Trinajstić information content (AvgIpc) is 2.88. The van der Waals surface area contributed by atoms with Gasteiger partial charge in [0.1, 0.15) is 0 Å². The van der Waals surface area contributed by atoms with E-state index in [2.05, 4.69) is 10.3 Å². The third-order valence-corrected chi connectivity index (χ3v) is 3.55. The van der Waals surface area contributed by atoms with Gasteiger partial charge in [0.05, 0.1) is 5.52 Å². The second-order valence-corrected chi connectivity index (χ2v) is 5.29. The lowest BCUT2D eigenvalue weighted by atomic mass is 10.1. The minimum absolute atomic E-state index is 0.209. The van der Waals surface area contributed by atoms with Crippen LogP contribution in [-0.2, 0) is 6.42 Å². The summed E-state index contributed by atoms with van der Waals surface area (Å²) in [7, 11) is 0. The van der Waals surface area contributed by atoms with Crippen LogP contribution in [0.3, 0.4) is 0 Å². The van der Waals surface area contributed by atoms with Crippen molar-refractivity contribution in [3.05, 3.63) is 69.2 Å². The topological polar surface area (TPSA) is 75.1 Å². The van der Waals surface area contributed by atoms with Crippen molar-refractivity contribution >= 4 is 28.6 Å². The molecule has 2 aromatic carbocycles. The van der Waals surface area contributed by atoms with Gasteiger partial charge in [-0.3, -0.25) is 9.78 Å². The maximum atomic E-state index is 12.1. The molecule has 0 aliphatic heterocycles. The van der Waals surface area contributed by atoms with Gasteiger partial charge in [-0.15, -0.1) is 0 Å². The third kappa shape index (κ3) is 3.20. The Hall–Kier alpha value is -2.53. The van der Waals surface area contributed by atoms with Crippen LogP contribution >= 0.6 is 11.6 Å². The highest BCUT2D eigenvalue weighted by atomic mass is 35.5. The van der Waals surface area contributed by atoms with Gasteiger partial charge in [0.2, 0.25) is 0 Å². The summed E-state index contributed by atoms with van der Waals surface area (Å²) in [5, 5.41) is 3.52. The zero-order valence-electron chi connectivity index (χ0n) is 11.6. The van der Waals surface area contributed by atoms with Crippen LogP contribution in [0.15, 0.2) is 51.7 Å². The van der Waals surface area contributed by atoms with Crippen molar-refractivity contribution in [2.24, 2.45) is 0 Å². The molecule has 0 radical (unpaired) electrons. The molecule has 0 atom stereocenters. The minimum Gasteiger partial charge on any atom is -0.408 e. The number of hydrogen-bond donors (Lipinski definition) is 2. The van der Waals surface area contributed by atoms with Crippen LogP contribution in [0.1, 0.15) is 15.9 Å². The lowest BCUT2D eigenvalue weighted by Gasteiger charge is -2.05. The van der Waals surface area contributed by atoms with E-state index in [1.54, 1.807) is 18.2 Å². The Bertz CT molecular complexity index is 865. The van der Waals surface area contributed by atoms with Crippen molar-refractivity contribution in [1.29, 1.82) is 0 Å². The van der Waals surface area contributed by atoms with Gasteiger partial charge < -0.3 is 9.73 Å². The van der Waals surface area contributed by atoms with Gasteiger partial charge >= 0.3 is 5.76 Å². The van der Waals surface area contributed by atoms with Crippen LogP contribution < -0.4 is 11.1 Å². The highest BCUT2D eigenvalue weighted by molar-refractivity contribution is 6.30. The summed E-state index contributed by atoms with van der Waals surface area (Å²) < 4.78 is 4.94. The van der Waals surface area contributed by atoms with Crippen LogP contribution in [0, 0.1) is 0 Å². The number of aromatic nitrogens is 1. The Balaban J connectivity index is 1.63. The Morgan fingerprint density at radius 3 is 2.73 bits per heavy atom. The van der Waals surface area contributed by atoms with Crippen LogP contribution in [0.4, 0.5) is 0 Å². The van der Waals surface area contributed by atoms with Crippen molar-refractivity contribution in [1.82, 2.24) is 10.3 Å². The van der Waals surface area contributed by atoms with E-state index in [1.807, 2.05) is 24.3 Å². The molecule has 0 unspecified atom stereocenters. The lowest BCUT2D eigenvalue weighted by molar-refractivity contribution is 0.0954. The van der Waals surface area contributed by atoms with Gasteiger partial charge in [0.25, 0.3) is 5.91 Å². The predicted octanol–water partition coefficient (Wildman–Crippen LogP) is 2.75. The zero-order chi connectivity index (χ0) is 15.5. The van der Waals surface area contributed by atoms with E-state index in [1.165, 1.54) is 0 Å². The maximum Gasteiger partial charge on any atom is 0.417 e. The molecule has 3 rings (SSSR count). The first-order chi connectivity index (χ1) is 10.6. The molecule has 0 fully saturated rings. The SMILES string of the molecule is O=C(NCCc1ccc(Cl)cc1)c1ccc2[nH]c(=O)oc2c1. The fourth-order valence-corrected chi connectivity index (χ4v) is 2.29. The van der Waals surface area contributed by atoms with E-state index in [0.717, 1.165) is 5.56 Å². The summed E-state index contributed by atoms with van der Waals surface area (Å²) in [6.07, 6.45) is 0.713. The van der Waals surface area contributed by atoms with Crippen molar-refractivity contribution in [3.63, 3.8) is 0 Å². The minimum atomic E-state index is -0.532. The molecule has 0 saturated carbocycles. The average molecular weight is 317 g/mol. The Kier molecular flexibility index (Phi) is 3.98. The van der Waals surface area contributed by atoms with Crippen LogP contribution in [0.5, 0.6) is 0 Å². The fourth-order valence-electron chi connectivity index (χ4n) is 2.16. The first-order valence-corrected chi connectivity index (χ1v) is 7.15. The molecule has 1 aromatic heterocycles. The van der Waals surface area contributed by atoms with E-state index in [4.69, 9.17) is 16.0 Å². The Morgan fingerprint density at radius 1 is 1.18 bits per heavy atom. The van der Waals surface area contributed by atoms with Crippen LogP contribution in [0.25, 0.3) is 11.1 Å². The molecular formula is C16H13ClN2O3. The second kappa shape index (κ2) is 6.07. The first-order valence-electron chi connectivity index (χ1n) is 6.77. The first kappa shape index (κ1) is 14.4. The van der Waals surface area contributed by atoms with E-state index in [-0.39, 0.29) is 5.91 Å². The van der Waals surface area contributed by atoms with Crippen LogP contribution in [0.2, 0.25) is 5.02 Å². The summed E-state index contributed by atoms with van der Waals surface area (Å²) in [5.74, 6) is -0.741. The van der Waals surface area contributed by atoms with Crippen molar-refractivity contribution in [2.75, 3.05) is 6.54 Å². The zero-order valence-corrected chi connectivity index (χ0v) is 12.3. The number of oxazole rings is 1. The lowest BCUT2D eigenvalue weighted by Crippen LogP contribution is -2.25. The molecule has 0 aliphatic rings. The van der Waals surface area contributed by atoms with Crippen LogP contribution in [-0.4, -0.2) is 17.4 Å². The number of benzene rings is 2. The summed E-state index contributed by atoms with van der Waals surface area (Å²) in [6, 6.07) is 12.3. The number of hydrogen-bond acceptors (Lipinski definition) is 3. The normalized spacial score (nSPS) is 10.8. The van der Waals surface area contributed by atoms with E-state index >= 15 is 0 Å². The molecule has 112 valence electrons. The van der Waals surface area contributed by atoms with E-state index in [9.17, 15) is 9.59 Å². The molecule has 0 aliphatic carbocycles. The Morgan fingerprint density at radius 2 is 1.95 bits per heavy atom.